The first kappa shape index (κ1) is 17.4. The van der Waals surface area contributed by atoms with Crippen LogP contribution in [0.25, 0.3) is 0 Å². The number of thiophene rings is 1. The predicted octanol–water partition coefficient (Wildman–Crippen LogP) is 0.847. The summed E-state index contributed by atoms with van der Waals surface area (Å²) in [6.45, 7) is 1.80. The molecule has 2 heterocycles. The van der Waals surface area contributed by atoms with E-state index in [0.29, 0.717) is 45.6 Å². The summed E-state index contributed by atoms with van der Waals surface area (Å²) in [5, 5.41) is 4.72. The van der Waals surface area contributed by atoms with Crippen LogP contribution in [0.3, 0.4) is 0 Å². The molecule has 0 unspecified atom stereocenters. The second-order valence-corrected chi connectivity index (χ2v) is 8.29. The van der Waals surface area contributed by atoms with E-state index in [-0.39, 0.29) is 11.9 Å². The third kappa shape index (κ3) is 5.35. The van der Waals surface area contributed by atoms with Gasteiger partial charge in [-0.2, -0.15) is 4.31 Å². The number of ether oxygens (including phenoxy) is 1. The Kier molecular flexibility index (Phi) is 6.37. The molecular formula is C14H22N2O4S2. The highest BCUT2D eigenvalue weighted by Crippen LogP contribution is 2.17. The van der Waals surface area contributed by atoms with Gasteiger partial charge in [0.1, 0.15) is 0 Å². The highest BCUT2D eigenvalue weighted by molar-refractivity contribution is 7.88. The summed E-state index contributed by atoms with van der Waals surface area (Å²) < 4.78 is 30.6. The van der Waals surface area contributed by atoms with E-state index in [1.165, 1.54) is 21.9 Å². The molecule has 0 bridgehead atoms. The minimum Gasteiger partial charge on any atom is -0.381 e. The Morgan fingerprint density at radius 3 is 2.77 bits per heavy atom. The van der Waals surface area contributed by atoms with Crippen LogP contribution in [-0.4, -0.2) is 57.2 Å². The maximum atomic E-state index is 11.9. The van der Waals surface area contributed by atoms with Crippen LogP contribution in [0.4, 0.5) is 0 Å². The Morgan fingerprint density at radius 1 is 1.45 bits per heavy atom. The topological polar surface area (TPSA) is 75.7 Å². The summed E-state index contributed by atoms with van der Waals surface area (Å²) in [6, 6.07) is 3.79. The van der Waals surface area contributed by atoms with Crippen LogP contribution in [-0.2, 0) is 26.0 Å². The Hall–Kier alpha value is -0.960. The van der Waals surface area contributed by atoms with Gasteiger partial charge in [-0.15, -0.1) is 11.3 Å². The predicted molar refractivity (Wildman–Crippen MR) is 86.4 cm³/mol. The Morgan fingerprint density at radius 2 is 2.18 bits per heavy atom. The largest absolute Gasteiger partial charge is 0.381 e. The average molecular weight is 346 g/mol. The number of nitrogens with zero attached hydrogens (tertiary/aromatic N) is 1. The lowest BCUT2D eigenvalue weighted by molar-refractivity contribution is -0.120. The summed E-state index contributed by atoms with van der Waals surface area (Å²) >= 11 is 1.54. The Labute approximate surface area is 135 Å². The van der Waals surface area contributed by atoms with Crippen molar-refractivity contribution in [1.82, 2.24) is 9.62 Å². The van der Waals surface area contributed by atoms with Gasteiger partial charge in [0.05, 0.1) is 12.7 Å². The number of carbonyl (C=O) groups is 1. The smallest absolute Gasteiger partial charge is 0.225 e. The number of carbonyl (C=O) groups excluding carboxylic acids is 1. The molecule has 0 aromatic carbocycles. The van der Waals surface area contributed by atoms with Gasteiger partial charge in [0.2, 0.25) is 15.9 Å². The van der Waals surface area contributed by atoms with E-state index < -0.39 is 10.0 Å². The summed E-state index contributed by atoms with van der Waals surface area (Å²) in [6.07, 6.45) is 2.97. The Balaban J connectivity index is 1.82. The molecular weight excluding hydrogens is 324 g/mol. The quantitative estimate of drug-likeness (QED) is 0.794. The van der Waals surface area contributed by atoms with Crippen LogP contribution < -0.4 is 5.32 Å². The van der Waals surface area contributed by atoms with Crippen LogP contribution >= 0.6 is 11.3 Å². The molecule has 8 heteroatoms. The second-order valence-electron chi connectivity index (χ2n) is 5.32. The Bertz CT molecular complexity index is 566. The lowest BCUT2D eigenvalue weighted by atomic mass is 10.1. The van der Waals surface area contributed by atoms with Crippen LogP contribution in [0.5, 0.6) is 0 Å². The average Bonchev–Trinajstić information content (AvgIpc) is 2.96. The van der Waals surface area contributed by atoms with E-state index in [2.05, 4.69) is 5.32 Å². The summed E-state index contributed by atoms with van der Waals surface area (Å²) in [7, 11) is -3.28. The number of rotatable bonds is 7. The van der Waals surface area contributed by atoms with Crippen molar-refractivity contribution in [2.24, 2.45) is 0 Å². The van der Waals surface area contributed by atoms with E-state index in [1.807, 2.05) is 17.5 Å². The molecule has 2 rings (SSSR count). The lowest BCUT2D eigenvalue weighted by Crippen LogP contribution is -2.46. The molecule has 1 aliphatic rings. The summed E-state index contributed by atoms with van der Waals surface area (Å²) in [5.41, 5.74) is 0. The normalized spacial score (nSPS) is 16.8. The van der Waals surface area contributed by atoms with Crippen molar-refractivity contribution in [2.45, 2.75) is 25.3 Å². The van der Waals surface area contributed by atoms with Gasteiger partial charge in [-0.1, -0.05) is 6.07 Å². The van der Waals surface area contributed by atoms with Gasteiger partial charge < -0.3 is 10.1 Å². The van der Waals surface area contributed by atoms with Crippen LogP contribution in [0.15, 0.2) is 17.5 Å². The maximum absolute atomic E-state index is 11.9. The molecule has 6 nitrogen and oxygen atoms in total. The van der Waals surface area contributed by atoms with Crippen LogP contribution in [0.2, 0.25) is 0 Å². The summed E-state index contributed by atoms with van der Waals surface area (Å²) in [5.74, 6) is -0.0807. The molecule has 124 valence electrons. The molecule has 1 amide bonds. The van der Waals surface area contributed by atoms with Crippen LogP contribution in [0.1, 0.15) is 17.7 Å². The highest BCUT2D eigenvalue weighted by atomic mass is 32.2. The van der Waals surface area contributed by atoms with E-state index in [0.717, 1.165) is 4.88 Å². The van der Waals surface area contributed by atoms with Crippen LogP contribution in [0, 0.1) is 0 Å². The molecule has 1 saturated heterocycles. The van der Waals surface area contributed by atoms with E-state index in [9.17, 15) is 13.2 Å². The van der Waals surface area contributed by atoms with E-state index in [4.69, 9.17) is 4.74 Å². The lowest BCUT2D eigenvalue weighted by Gasteiger charge is -2.32. The van der Waals surface area contributed by atoms with Gasteiger partial charge in [0.15, 0.2) is 0 Å². The van der Waals surface area contributed by atoms with Gasteiger partial charge in [-0.25, -0.2) is 8.42 Å². The minimum atomic E-state index is -3.28. The number of nitrogens with one attached hydrogen (secondary N) is 1. The second kappa shape index (κ2) is 8.05. The summed E-state index contributed by atoms with van der Waals surface area (Å²) in [4.78, 5) is 12.8. The zero-order valence-electron chi connectivity index (χ0n) is 12.7. The molecule has 22 heavy (non-hydrogen) atoms. The molecule has 0 aliphatic carbocycles. The van der Waals surface area contributed by atoms with Crippen molar-refractivity contribution in [3.63, 3.8) is 0 Å². The molecule has 0 spiro atoms. The van der Waals surface area contributed by atoms with Crippen molar-refractivity contribution in [1.29, 1.82) is 0 Å². The van der Waals surface area contributed by atoms with E-state index in [1.54, 1.807) is 0 Å². The fraction of sp³-hybridized carbons (Fsp3) is 0.643. The fourth-order valence-electron chi connectivity index (χ4n) is 2.53. The van der Waals surface area contributed by atoms with Crippen molar-refractivity contribution in [3.8, 4) is 0 Å². The minimum absolute atomic E-state index is 0.0297. The monoisotopic (exact) mass is 346 g/mol. The number of hydrogen-bond acceptors (Lipinski definition) is 5. The van der Waals surface area contributed by atoms with Gasteiger partial charge in [0, 0.05) is 37.2 Å². The van der Waals surface area contributed by atoms with Gasteiger partial charge in [-0.05, 0) is 24.3 Å². The highest BCUT2D eigenvalue weighted by Gasteiger charge is 2.28. The van der Waals surface area contributed by atoms with E-state index >= 15 is 0 Å². The fourth-order valence-corrected chi connectivity index (χ4v) is 4.41. The number of amides is 1. The van der Waals surface area contributed by atoms with Crippen molar-refractivity contribution >= 4 is 27.3 Å². The SMILES string of the molecule is CS(=O)(=O)N(CCNC(=O)Cc1cccs1)C1CCOCC1. The van der Waals surface area contributed by atoms with Crippen molar-refractivity contribution in [2.75, 3.05) is 32.6 Å². The van der Waals surface area contributed by atoms with Gasteiger partial charge in [-0.3, -0.25) is 4.79 Å². The molecule has 1 aromatic rings. The third-order valence-corrected chi connectivity index (χ3v) is 5.80. The maximum Gasteiger partial charge on any atom is 0.225 e. The number of sulfonamides is 1. The molecule has 1 aliphatic heterocycles. The third-order valence-electron chi connectivity index (χ3n) is 3.59. The van der Waals surface area contributed by atoms with Gasteiger partial charge in [0.25, 0.3) is 0 Å². The standard InChI is InChI=1S/C14H22N2O4S2/c1-22(18,19)16(12-4-8-20-9-5-12)7-6-15-14(17)11-13-3-2-10-21-13/h2-3,10,12H,4-9,11H2,1H3,(H,15,17). The van der Waals surface area contributed by atoms with Crippen molar-refractivity contribution < 1.29 is 17.9 Å². The first-order valence-corrected chi connectivity index (χ1v) is 10.0. The zero-order chi connectivity index (χ0) is 16.0. The first-order valence-electron chi connectivity index (χ1n) is 7.30. The van der Waals surface area contributed by atoms with Gasteiger partial charge >= 0.3 is 0 Å². The zero-order valence-corrected chi connectivity index (χ0v) is 14.3. The van der Waals surface area contributed by atoms with Crippen molar-refractivity contribution in [3.05, 3.63) is 22.4 Å². The molecule has 0 atom stereocenters. The molecule has 0 radical (unpaired) electrons. The first-order chi connectivity index (χ1) is 10.5. The number of hydrogen-bond donors (Lipinski definition) is 1. The molecule has 0 saturated carbocycles. The molecule has 1 fully saturated rings. The molecule has 1 aromatic heterocycles. The molecule has 1 N–H and O–H groups in total.